The van der Waals surface area contributed by atoms with Gasteiger partial charge in [0, 0.05) is 50.4 Å². The molecule has 3 heterocycles. The van der Waals surface area contributed by atoms with E-state index in [2.05, 4.69) is 146 Å². The predicted octanol–water partition coefficient (Wildman–Crippen LogP) is 14.0. The maximum atomic E-state index is 4.94. The monoisotopic (exact) mass is 792 g/mol. The van der Waals surface area contributed by atoms with E-state index in [-0.39, 0.29) is 11.2 Å². The Balaban J connectivity index is 1.09. The van der Waals surface area contributed by atoms with Gasteiger partial charge in [-0.15, -0.1) is 24.9 Å². The van der Waals surface area contributed by atoms with Crippen LogP contribution >= 0.6 is 11.8 Å². The molecule has 2 aromatic heterocycles. The van der Waals surface area contributed by atoms with E-state index in [1.54, 1.807) is 0 Å². The number of rotatable bonds is 9. The molecule has 6 aromatic carbocycles. The molecule has 290 valence electrons. The van der Waals surface area contributed by atoms with Crippen LogP contribution in [0.1, 0.15) is 24.0 Å². The van der Waals surface area contributed by atoms with Gasteiger partial charge < -0.3 is 0 Å². The van der Waals surface area contributed by atoms with Crippen LogP contribution in [0, 0.1) is 5.92 Å². The summed E-state index contributed by atoms with van der Waals surface area (Å²) >= 11 is 1.82. The molecule has 60 heavy (non-hydrogen) atoms. The molecule has 0 saturated carbocycles. The third kappa shape index (κ3) is 7.68. The standard InChI is InChI=1S/C55H44N4S/c1-3-49-50(4-2)60-38-14-6-5-13-36-55(49,47-34-30-41(31-35-47)48-23-15-21-42-22-16-37-56-51(42)48)46-32-28-40(29-33-46)39-24-26-45(27-25-39)54-58-52(43-17-9-7-10-18-43)57-53(59-54)44-19-11-8-12-20-44/h3-4,7-38,49-50H,1-2,5-6H2/b36-13+,38-14+. The molecular formula is C55H44N4S. The second-order valence-corrected chi connectivity index (χ2v) is 16.1. The lowest BCUT2D eigenvalue weighted by Crippen LogP contribution is -2.39. The molecule has 0 fully saturated rings. The highest BCUT2D eigenvalue weighted by atomic mass is 32.2. The lowest BCUT2D eigenvalue weighted by Gasteiger charge is -2.42. The Kier molecular flexibility index (Phi) is 11.2. The van der Waals surface area contributed by atoms with E-state index < -0.39 is 5.41 Å². The Hall–Kier alpha value is -6.95. The number of thioether (sulfide) groups is 1. The van der Waals surface area contributed by atoms with Crippen LogP contribution in [0.3, 0.4) is 0 Å². The van der Waals surface area contributed by atoms with Crippen LogP contribution in [0.4, 0.5) is 0 Å². The zero-order chi connectivity index (χ0) is 40.7. The van der Waals surface area contributed by atoms with E-state index in [0.717, 1.165) is 62.7 Å². The summed E-state index contributed by atoms with van der Waals surface area (Å²) in [5, 5.41) is 3.46. The third-order valence-electron chi connectivity index (χ3n) is 11.4. The maximum Gasteiger partial charge on any atom is 0.164 e. The van der Waals surface area contributed by atoms with Gasteiger partial charge in [-0.3, -0.25) is 4.98 Å². The van der Waals surface area contributed by atoms with Crippen LogP contribution < -0.4 is 0 Å². The third-order valence-corrected chi connectivity index (χ3v) is 12.6. The summed E-state index contributed by atoms with van der Waals surface area (Å²) in [4.78, 5) is 19.5. The first-order valence-electron chi connectivity index (χ1n) is 20.4. The molecule has 8 aromatic rings. The summed E-state index contributed by atoms with van der Waals surface area (Å²) in [7, 11) is 0. The average molecular weight is 793 g/mol. The minimum atomic E-state index is -0.512. The fourth-order valence-corrected chi connectivity index (χ4v) is 9.38. The Labute approximate surface area is 356 Å². The van der Waals surface area contributed by atoms with E-state index in [1.807, 2.05) is 84.7 Å². The summed E-state index contributed by atoms with van der Waals surface area (Å²) in [5.74, 6) is 1.94. The SMILES string of the molecule is C=CC1S/C=C/CC/C=C/C(c2ccc(-c3ccc(-c4nc(-c5ccccc5)nc(-c5ccccc5)n4)cc3)cc2)(c2ccc(-c3cccc4cccnc34)cc2)C1C=C. The molecule has 9 rings (SSSR count). The summed E-state index contributed by atoms with van der Waals surface area (Å²) in [6.07, 6.45) is 15.0. The highest BCUT2D eigenvalue weighted by Crippen LogP contribution is 2.48. The van der Waals surface area contributed by atoms with Crippen molar-refractivity contribution in [2.75, 3.05) is 0 Å². The Bertz CT molecular complexity index is 2750. The number of pyridine rings is 1. The van der Waals surface area contributed by atoms with Crippen LogP contribution in [-0.4, -0.2) is 25.2 Å². The van der Waals surface area contributed by atoms with Crippen molar-refractivity contribution in [1.82, 2.24) is 19.9 Å². The quantitative estimate of drug-likeness (QED) is 0.136. The number of fused-ring (bicyclic) bond motifs is 1. The second kappa shape index (κ2) is 17.5. The van der Waals surface area contributed by atoms with Gasteiger partial charge in [-0.05, 0) is 52.1 Å². The second-order valence-electron chi connectivity index (χ2n) is 15.0. The number of aromatic nitrogens is 4. The van der Waals surface area contributed by atoms with E-state index in [9.17, 15) is 0 Å². The molecule has 0 radical (unpaired) electrons. The molecule has 0 saturated heterocycles. The Morgan fingerprint density at radius 2 is 1.02 bits per heavy atom. The zero-order valence-corrected chi connectivity index (χ0v) is 34.1. The molecule has 0 aliphatic carbocycles. The van der Waals surface area contributed by atoms with E-state index >= 15 is 0 Å². The van der Waals surface area contributed by atoms with Crippen molar-refractivity contribution < 1.29 is 0 Å². The Morgan fingerprint density at radius 1 is 0.500 bits per heavy atom. The highest BCUT2D eigenvalue weighted by molar-refractivity contribution is 8.02. The lowest BCUT2D eigenvalue weighted by molar-refractivity contribution is 0.474. The van der Waals surface area contributed by atoms with Gasteiger partial charge in [0.1, 0.15) is 0 Å². The summed E-state index contributed by atoms with van der Waals surface area (Å²) < 4.78 is 0. The van der Waals surface area contributed by atoms with Crippen molar-refractivity contribution in [1.29, 1.82) is 0 Å². The van der Waals surface area contributed by atoms with Gasteiger partial charge in [0.2, 0.25) is 0 Å². The lowest BCUT2D eigenvalue weighted by atomic mass is 9.64. The van der Waals surface area contributed by atoms with Crippen LogP contribution in [0.2, 0.25) is 0 Å². The summed E-state index contributed by atoms with van der Waals surface area (Å²) in [6, 6.07) is 57.3. The molecule has 3 unspecified atom stereocenters. The largest absolute Gasteiger partial charge is 0.256 e. The maximum absolute atomic E-state index is 4.94. The van der Waals surface area contributed by atoms with E-state index in [1.165, 1.54) is 11.1 Å². The molecule has 1 aliphatic heterocycles. The minimum Gasteiger partial charge on any atom is -0.256 e. The van der Waals surface area contributed by atoms with Gasteiger partial charge in [-0.25, -0.2) is 15.0 Å². The fourth-order valence-electron chi connectivity index (χ4n) is 8.35. The molecule has 0 spiro atoms. The van der Waals surface area contributed by atoms with Gasteiger partial charge in [0.05, 0.1) is 5.52 Å². The van der Waals surface area contributed by atoms with Crippen molar-refractivity contribution in [2.24, 2.45) is 5.92 Å². The van der Waals surface area contributed by atoms with Crippen LogP contribution in [0.5, 0.6) is 0 Å². The summed E-state index contributed by atoms with van der Waals surface area (Å²) in [5.41, 5.74) is 10.2. The highest BCUT2D eigenvalue weighted by Gasteiger charge is 2.42. The van der Waals surface area contributed by atoms with Crippen molar-refractivity contribution in [3.8, 4) is 56.4 Å². The first kappa shape index (κ1) is 38.6. The predicted molar refractivity (Wildman–Crippen MR) is 252 cm³/mol. The van der Waals surface area contributed by atoms with Gasteiger partial charge in [0.25, 0.3) is 0 Å². The van der Waals surface area contributed by atoms with Crippen molar-refractivity contribution >= 4 is 22.7 Å². The molecule has 0 bridgehead atoms. The first-order chi connectivity index (χ1) is 29.6. The van der Waals surface area contributed by atoms with Gasteiger partial charge in [0.15, 0.2) is 17.5 Å². The van der Waals surface area contributed by atoms with Crippen molar-refractivity contribution in [3.05, 3.63) is 230 Å². The van der Waals surface area contributed by atoms with Crippen LogP contribution in [0.15, 0.2) is 219 Å². The normalized spacial score (nSPS) is 18.9. The molecule has 3 atom stereocenters. The Morgan fingerprint density at radius 3 is 1.60 bits per heavy atom. The number of hydrogen-bond acceptors (Lipinski definition) is 5. The van der Waals surface area contributed by atoms with Crippen LogP contribution in [0.25, 0.3) is 67.3 Å². The van der Waals surface area contributed by atoms with Gasteiger partial charge >= 0.3 is 0 Å². The number of allylic oxidation sites excluding steroid dienone is 4. The average Bonchev–Trinajstić information content (AvgIpc) is 3.33. The summed E-state index contributed by atoms with van der Waals surface area (Å²) in [6.45, 7) is 8.78. The molecule has 4 nitrogen and oxygen atoms in total. The van der Waals surface area contributed by atoms with Crippen LogP contribution in [-0.2, 0) is 5.41 Å². The van der Waals surface area contributed by atoms with Crippen molar-refractivity contribution in [3.63, 3.8) is 0 Å². The molecule has 0 amide bonds. The topological polar surface area (TPSA) is 51.6 Å². The van der Waals surface area contributed by atoms with E-state index in [4.69, 9.17) is 19.9 Å². The number of hydrogen-bond donors (Lipinski definition) is 0. The first-order valence-corrected chi connectivity index (χ1v) is 21.3. The smallest absolute Gasteiger partial charge is 0.164 e. The molecule has 0 N–H and O–H groups in total. The fraction of sp³-hybridized carbons (Fsp3) is 0.0909. The number of para-hydroxylation sites is 1. The molecular weight excluding hydrogens is 749 g/mol. The molecule has 1 aliphatic rings. The molecule has 5 heteroatoms. The van der Waals surface area contributed by atoms with Gasteiger partial charge in [-0.2, -0.15) is 0 Å². The minimum absolute atomic E-state index is 0.0103. The van der Waals surface area contributed by atoms with Crippen molar-refractivity contribution in [2.45, 2.75) is 23.5 Å². The zero-order valence-electron chi connectivity index (χ0n) is 33.3. The van der Waals surface area contributed by atoms with E-state index in [0.29, 0.717) is 17.5 Å². The van der Waals surface area contributed by atoms with Gasteiger partial charge in [-0.1, -0.05) is 188 Å². The number of nitrogens with zero attached hydrogens (tertiary/aromatic N) is 4. The number of benzene rings is 6.